The van der Waals surface area contributed by atoms with Gasteiger partial charge in [0.05, 0.1) is 36.9 Å². The van der Waals surface area contributed by atoms with Crippen LogP contribution in [0.25, 0.3) is 16.8 Å². The average Bonchev–Trinajstić information content (AvgIpc) is 3.22. The van der Waals surface area contributed by atoms with Crippen LogP contribution in [0.4, 0.5) is 16.0 Å². The van der Waals surface area contributed by atoms with E-state index in [1.165, 1.54) is 0 Å². The van der Waals surface area contributed by atoms with Gasteiger partial charge in [0.25, 0.3) is 0 Å². The van der Waals surface area contributed by atoms with Gasteiger partial charge in [-0.15, -0.1) is 5.10 Å². The number of rotatable bonds is 6. The van der Waals surface area contributed by atoms with Gasteiger partial charge in [0.2, 0.25) is 5.95 Å². The van der Waals surface area contributed by atoms with E-state index in [0.717, 1.165) is 50.0 Å². The number of imidazole rings is 1. The van der Waals surface area contributed by atoms with Crippen molar-refractivity contribution in [2.45, 2.75) is 51.0 Å². The van der Waals surface area contributed by atoms with Crippen LogP contribution in [0.15, 0.2) is 24.4 Å². The van der Waals surface area contributed by atoms with Crippen molar-refractivity contribution in [2.75, 3.05) is 43.1 Å². The highest BCUT2D eigenvalue weighted by Gasteiger charge is 2.27. The summed E-state index contributed by atoms with van der Waals surface area (Å²) >= 11 is 0. The first-order valence-electron chi connectivity index (χ1n) is 11.9. The Morgan fingerprint density at radius 3 is 2.70 bits per heavy atom. The molecule has 2 aliphatic rings. The predicted octanol–water partition coefficient (Wildman–Crippen LogP) is 3.61. The third-order valence-corrected chi connectivity index (χ3v) is 6.59. The smallest absolute Gasteiger partial charge is 0.241 e. The van der Waals surface area contributed by atoms with E-state index in [4.69, 9.17) is 14.8 Å². The lowest BCUT2D eigenvalue weighted by Crippen LogP contribution is -2.36. The second kappa shape index (κ2) is 9.61. The van der Waals surface area contributed by atoms with E-state index in [1.54, 1.807) is 12.3 Å². The minimum absolute atomic E-state index is 0.195. The Morgan fingerprint density at radius 1 is 1.18 bits per heavy atom. The number of benzene rings is 1. The van der Waals surface area contributed by atoms with Crippen molar-refractivity contribution in [2.24, 2.45) is 0 Å². The molecule has 1 aliphatic heterocycles. The first kappa shape index (κ1) is 22.0. The highest BCUT2D eigenvalue weighted by molar-refractivity contribution is 5.78. The Hall–Kier alpha value is -2.78. The van der Waals surface area contributed by atoms with Crippen molar-refractivity contribution < 1.29 is 14.2 Å². The lowest BCUT2D eigenvalue weighted by atomic mass is 9.87. The quantitative estimate of drug-likeness (QED) is 0.588. The molecule has 0 spiro atoms. The van der Waals surface area contributed by atoms with Crippen molar-refractivity contribution in [3.05, 3.63) is 36.0 Å². The van der Waals surface area contributed by atoms with E-state index < -0.39 is 0 Å². The molecule has 3 heterocycles. The van der Waals surface area contributed by atoms with Gasteiger partial charge in [0, 0.05) is 31.1 Å². The van der Waals surface area contributed by atoms with Crippen LogP contribution in [0.2, 0.25) is 0 Å². The minimum Gasteiger partial charge on any atom is -0.393 e. The van der Waals surface area contributed by atoms with Gasteiger partial charge in [-0.1, -0.05) is 13.0 Å². The fraction of sp³-hybridized carbons (Fsp3) is 0.542. The van der Waals surface area contributed by atoms with E-state index in [-0.39, 0.29) is 17.8 Å². The maximum absolute atomic E-state index is 15.1. The number of aromatic nitrogens is 4. The number of morpholine rings is 1. The zero-order valence-electron chi connectivity index (χ0n) is 19.0. The molecule has 1 aromatic carbocycles. The van der Waals surface area contributed by atoms with Crippen LogP contribution >= 0.6 is 0 Å². The zero-order chi connectivity index (χ0) is 22.8. The van der Waals surface area contributed by atoms with E-state index >= 15 is 4.39 Å². The van der Waals surface area contributed by atoms with Crippen molar-refractivity contribution >= 4 is 17.2 Å². The zero-order valence-corrected chi connectivity index (χ0v) is 19.0. The molecule has 5 rings (SSSR count). The number of hydrogen-bond donors (Lipinski definition) is 2. The van der Waals surface area contributed by atoms with Crippen LogP contribution in [0, 0.1) is 5.82 Å². The molecule has 1 saturated heterocycles. The second-order valence-electron chi connectivity index (χ2n) is 8.90. The largest absolute Gasteiger partial charge is 0.393 e. The van der Waals surface area contributed by atoms with Crippen molar-refractivity contribution in [1.29, 1.82) is 0 Å². The average molecular weight is 455 g/mol. The van der Waals surface area contributed by atoms with Crippen molar-refractivity contribution in [1.82, 2.24) is 19.6 Å². The molecule has 2 fully saturated rings. The maximum Gasteiger partial charge on any atom is 0.241 e. The van der Waals surface area contributed by atoms with Gasteiger partial charge in [0.1, 0.15) is 17.2 Å². The molecule has 1 saturated carbocycles. The van der Waals surface area contributed by atoms with Gasteiger partial charge in [-0.2, -0.15) is 0 Å². The predicted molar refractivity (Wildman–Crippen MR) is 125 cm³/mol. The van der Waals surface area contributed by atoms with Crippen molar-refractivity contribution in [3.8, 4) is 11.3 Å². The van der Waals surface area contributed by atoms with Crippen molar-refractivity contribution in [3.63, 3.8) is 0 Å². The number of nitrogens with zero attached hydrogens (tertiary/aromatic N) is 5. The van der Waals surface area contributed by atoms with Crippen LogP contribution < -0.4 is 10.2 Å². The number of aliphatic hydroxyl groups is 1. The minimum atomic E-state index is -0.264. The van der Waals surface area contributed by atoms with Gasteiger partial charge in [-0.05, 0) is 44.2 Å². The molecule has 0 bridgehead atoms. The fourth-order valence-electron chi connectivity index (χ4n) is 4.75. The Labute approximate surface area is 192 Å². The number of halogens is 1. The summed E-state index contributed by atoms with van der Waals surface area (Å²) in [6.45, 7) is 5.46. The highest BCUT2D eigenvalue weighted by Crippen LogP contribution is 2.36. The topological polar surface area (TPSA) is 87.8 Å². The fourth-order valence-corrected chi connectivity index (χ4v) is 4.75. The number of aliphatic hydroxyl groups excluding tert-OH is 1. The van der Waals surface area contributed by atoms with Gasteiger partial charge in [-0.3, -0.25) is 0 Å². The Morgan fingerprint density at radius 2 is 1.97 bits per heavy atom. The first-order valence-corrected chi connectivity index (χ1v) is 11.9. The van der Waals surface area contributed by atoms with Crippen LogP contribution in [0.5, 0.6) is 0 Å². The van der Waals surface area contributed by atoms with Gasteiger partial charge < -0.3 is 20.1 Å². The van der Waals surface area contributed by atoms with Crippen LogP contribution in [0.1, 0.15) is 50.8 Å². The lowest BCUT2D eigenvalue weighted by molar-refractivity contribution is 0.121. The molecule has 0 amide bonds. The molecule has 2 N–H and O–H groups in total. The molecule has 0 atom stereocenters. The van der Waals surface area contributed by atoms with Crippen LogP contribution in [-0.2, 0) is 4.74 Å². The molecule has 1 aliphatic carbocycles. The Bertz CT molecular complexity index is 1110. The molecule has 176 valence electrons. The SMILES string of the molecule is CCCNc1ncc2c(-c3ccc(N4CCOCC4)c(F)c3)nc(C3CCC(O)CC3)n2n1. The van der Waals surface area contributed by atoms with Crippen LogP contribution in [0.3, 0.4) is 0 Å². The van der Waals surface area contributed by atoms with Gasteiger partial charge in [-0.25, -0.2) is 18.9 Å². The maximum atomic E-state index is 15.1. The number of ether oxygens (including phenoxy) is 1. The molecule has 0 radical (unpaired) electrons. The summed E-state index contributed by atoms with van der Waals surface area (Å²) in [4.78, 5) is 11.5. The summed E-state index contributed by atoms with van der Waals surface area (Å²) in [6, 6.07) is 5.31. The lowest BCUT2D eigenvalue weighted by Gasteiger charge is -2.29. The molecular weight excluding hydrogens is 423 g/mol. The molecule has 3 aromatic rings. The van der Waals surface area contributed by atoms with E-state index in [1.807, 2.05) is 21.5 Å². The molecule has 9 heteroatoms. The molecule has 33 heavy (non-hydrogen) atoms. The molecule has 8 nitrogen and oxygen atoms in total. The Kier molecular flexibility index (Phi) is 6.41. The summed E-state index contributed by atoms with van der Waals surface area (Å²) in [5, 5.41) is 17.9. The third-order valence-electron chi connectivity index (χ3n) is 6.59. The Balaban J connectivity index is 1.54. The summed E-state index contributed by atoms with van der Waals surface area (Å²) in [5.41, 5.74) is 2.75. The third kappa shape index (κ3) is 4.52. The number of hydrogen-bond acceptors (Lipinski definition) is 7. The second-order valence-corrected chi connectivity index (χ2v) is 8.90. The summed E-state index contributed by atoms with van der Waals surface area (Å²) in [5.74, 6) is 1.34. The molecular formula is C24H31FN6O2. The monoisotopic (exact) mass is 454 g/mol. The normalized spacial score (nSPS) is 21.5. The van der Waals surface area contributed by atoms with Gasteiger partial charge >= 0.3 is 0 Å². The highest BCUT2D eigenvalue weighted by atomic mass is 19.1. The number of nitrogens with one attached hydrogen (secondary N) is 1. The van der Waals surface area contributed by atoms with E-state index in [0.29, 0.717) is 49.2 Å². The summed E-state index contributed by atoms with van der Waals surface area (Å²) < 4.78 is 22.4. The number of fused-ring (bicyclic) bond motifs is 1. The first-order chi connectivity index (χ1) is 16.1. The number of anilines is 2. The standard InChI is InChI=1S/C24H31FN6O2/c1-2-9-26-24-27-15-21-22(28-23(31(21)29-24)16-3-6-18(32)7-4-16)17-5-8-20(19(25)14-17)30-10-12-33-13-11-30/h5,8,14-16,18,32H,2-4,6-7,9-13H2,1H3,(H,26,29). The summed E-state index contributed by atoms with van der Waals surface area (Å²) in [6.07, 6.45) is 5.71. The van der Waals surface area contributed by atoms with E-state index in [2.05, 4.69) is 17.2 Å². The van der Waals surface area contributed by atoms with E-state index in [9.17, 15) is 5.11 Å². The molecule has 0 unspecified atom stereocenters. The molecule has 2 aromatic heterocycles. The summed E-state index contributed by atoms with van der Waals surface area (Å²) in [7, 11) is 0. The van der Waals surface area contributed by atoms with Crippen LogP contribution in [-0.4, -0.2) is 63.6 Å². The van der Waals surface area contributed by atoms with Gasteiger partial charge in [0.15, 0.2) is 0 Å².